The van der Waals surface area contributed by atoms with E-state index in [9.17, 15) is 14.4 Å². The molecule has 18 heavy (non-hydrogen) atoms. The third kappa shape index (κ3) is 2.87. The van der Waals surface area contributed by atoms with Crippen LogP contribution in [0.25, 0.3) is 0 Å². The van der Waals surface area contributed by atoms with Crippen molar-refractivity contribution in [2.24, 2.45) is 0 Å². The zero-order chi connectivity index (χ0) is 13.1. The zero-order valence-corrected chi connectivity index (χ0v) is 10.5. The van der Waals surface area contributed by atoms with Crippen LogP contribution in [0.4, 0.5) is 4.79 Å². The van der Waals surface area contributed by atoms with Gasteiger partial charge in [0, 0.05) is 31.0 Å². The number of carbonyl (C=O) groups excluding carboxylic acids is 2. The summed E-state index contributed by atoms with van der Waals surface area (Å²) in [4.78, 5) is 35.4. The van der Waals surface area contributed by atoms with Crippen LogP contribution in [-0.2, 0) is 9.59 Å². The van der Waals surface area contributed by atoms with E-state index in [1.54, 1.807) is 0 Å². The highest BCUT2D eigenvalue weighted by Gasteiger charge is 2.34. The maximum Gasteiger partial charge on any atom is 0.327 e. The molecule has 2 fully saturated rings. The first-order chi connectivity index (χ1) is 8.58. The van der Waals surface area contributed by atoms with Crippen LogP contribution in [0, 0.1) is 0 Å². The standard InChI is InChI=1S/C10H15N3O4S/c14-8-3-6(4-11-8)12-10(17)13-1-2-18-5-7(13)9(15)16/h6-7H,1-5H2,(H,11,14)(H,12,17)(H,15,16). The van der Waals surface area contributed by atoms with Crippen molar-refractivity contribution >= 4 is 29.7 Å². The van der Waals surface area contributed by atoms with Crippen LogP contribution in [0.5, 0.6) is 0 Å². The zero-order valence-electron chi connectivity index (χ0n) is 9.72. The number of hydrogen-bond donors (Lipinski definition) is 3. The van der Waals surface area contributed by atoms with E-state index in [1.807, 2.05) is 0 Å². The summed E-state index contributed by atoms with van der Waals surface area (Å²) in [6.07, 6.45) is 0.256. The SMILES string of the molecule is O=C1CC(NC(=O)N2CCSCC2C(=O)O)CN1. The summed E-state index contributed by atoms with van der Waals surface area (Å²) in [6.45, 7) is 0.826. The molecule has 2 saturated heterocycles. The van der Waals surface area contributed by atoms with Crippen LogP contribution in [0.1, 0.15) is 6.42 Å². The van der Waals surface area contributed by atoms with E-state index in [4.69, 9.17) is 5.11 Å². The molecule has 0 aliphatic carbocycles. The van der Waals surface area contributed by atoms with Gasteiger partial charge in [-0.3, -0.25) is 4.79 Å². The molecule has 0 bridgehead atoms. The van der Waals surface area contributed by atoms with Crippen molar-refractivity contribution < 1.29 is 19.5 Å². The van der Waals surface area contributed by atoms with Gasteiger partial charge in [0.15, 0.2) is 0 Å². The lowest BCUT2D eigenvalue weighted by atomic mass is 10.2. The second-order valence-corrected chi connectivity index (χ2v) is 5.43. The Morgan fingerprint density at radius 3 is 2.89 bits per heavy atom. The van der Waals surface area contributed by atoms with E-state index in [2.05, 4.69) is 10.6 Å². The van der Waals surface area contributed by atoms with E-state index in [1.165, 1.54) is 16.7 Å². The van der Waals surface area contributed by atoms with Crippen LogP contribution in [0.2, 0.25) is 0 Å². The third-order valence-electron chi connectivity index (χ3n) is 2.98. The molecule has 100 valence electrons. The average Bonchev–Trinajstić information content (AvgIpc) is 2.74. The molecular weight excluding hydrogens is 258 g/mol. The maximum absolute atomic E-state index is 12.0. The van der Waals surface area contributed by atoms with E-state index in [0.29, 0.717) is 18.8 Å². The summed E-state index contributed by atoms with van der Waals surface area (Å²) in [5.41, 5.74) is 0. The van der Waals surface area contributed by atoms with Gasteiger partial charge in [-0.25, -0.2) is 9.59 Å². The molecular formula is C10H15N3O4S. The number of carbonyl (C=O) groups is 3. The number of carboxylic acids is 1. The topological polar surface area (TPSA) is 98.7 Å². The number of nitrogens with zero attached hydrogens (tertiary/aromatic N) is 1. The van der Waals surface area contributed by atoms with Gasteiger partial charge in [0.2, 0.25) is 5.91 Å². The van der Waals surface area contributed by atoms with E-state index in [0.717, 1.165) is 5.75 Å². The van der Waals surface area contributed by atoms with Crippen LogP contribution < -0.4 is 10.6 Å². The smallest absolute Gasteiger partial charge is 0.327 e. The van der Waals surface area contributed by atoms with Crippen LogP contribution >= 0.6 is 11.8 Å². The lowest BCUT2D eigenvalue weighted by Gasteiger charge is -2.33. The summed E-state index contributed by atoms with van der Waals surface area (Å²) in [5, 5.41) is 14.4. The second kappa shape index (κ2) is 5.47. The van der Waals surface area contributed by atoms with Gasteiger partial charge in [-0.05, 0) is 0 Å². The predicted molar refractivity (Wildman–Crippen MR) is 65.4 cm³/mol. The van der Waals surface area contributed by atoms with Gasteiger partial charge < -0.3 is 20.6 Å². The molecule has 3 N–H and O–H groups in total. The Hall–Kier alpha value is -1.44. The van der Waals surface area contributed by atoms with Gasteiger partial charge in [0.05, 0.1) is 6.04 Å². The number of aliphatic carboxylic acids is 1. The molecule has 0 aromatic rings. The molecule has 0 spiro atoms. The maximum atomic E-state index is 12.0. The molecule has 3 amide bonds. The van der Waals surface area contributed by atoms with Crippen LogP contribution in [0.3, 0.4) is 0 Å². The van der Waals surface area contributed by atoms with E-state index in [-0.39, 0.29) is 18.4 Å². The number of amides is 3. The Balaban J connectivity index is 1.94. The first-order valence-electron chi connectivity index (χ1n) is 5.72. The van der Waals surface area contributed by atoms with Gasteiger partial charge >= 0.3 is 12.0 Å². The quantitative estimate of drug-likeness (QED) is 0.605. The minimum Gasteiger partial charge on any atom is -0.480 e. The summed E-state index contributed by atoms with van der Waals surface area (Å²) in [6, 6.07) is -1.42. The highest BCUT2D eigenvalue weighted by atomic mass is 32.2. The molecule has 8 heteroatoms. The summed E-state index contributed by atoms with van der Waals surface area (Å²) >= 11 is 1.53. The second-order valence-electron chi connectivity index (χ2n) is 4.28. The molecule has 0 saturated carbocycles. The van der Waals surface area contributed by atoms with Crippen molar-refractivity contribution in [3.05, 3.63) is 0 Å². The Bertz CT molecular complexity index is 376. The van der Waals surface area contributed by atoms with Gasteiger partial charge in [0.1, 0.15) is 6.04 Å². The van der Waals surface area contributed by atoms with Crippen molar-refractivity contribution in [2.45, 2.75) is 18.5 Å². The van der Waals surface area contributed by atoms with Gasteiger partial charge in [-0.2, -0.15) is 11.8 Å². The number of carboxylic acid groups (broad SMARTS) is 1. The Morgan fingerprint density at radius 2 is 2.28 bits per heavy atom. The van der Waals surface area contributed by atoms with Gasteiger partial charge in [-0.1, -0.05) is 0 Å². The lowest BCUT2D eigenvalue weighted by molar-refractivity contribution is -0.141. The molecule has 2 aliphatic heterocycles. The Labute approximate surface area is 108 Å². The fraction of sp³-hybridized carbons (Fsp3) is 0.700. The third-order valence-corrected chi connectivity index (χ3v) is 4.00. The Kier molecular flexibility index (Phi) is 3.95. The normalized spacial score (nSPS) is 27.8. The molecule has 2 aliphatic rings. The number of hydrogen-bond acceptors (Lipinski definition) is 4. The van der Waals surface area contributed by atoms with Crippen molar-refractivity contribution in [3.63, 3.8) is 0 Å². The minimum atomic E-state index is -0.988. The molecule has 2 rings (SSSR count). The van der Waals surface area contributed by atoms with Gasteiger partial charge in [-0.15, -0.1) is 0 Å². The minimum absolute atomic E-state index is 0.0933. The Morgan fingerprint density at radius 1 is 1.50 bits per heavy atom. The largest absolute Gasteiger partial charge is 0.480 e. The van der Waals surface area contributed by atoms with Gasteiger partial charge in [0.25, 0.3) is 0 Å². The summed E-state index contributed by atoms with van der Waals surface area (Å²) < 4.78 is 0. The summed E-state index contributed by atoms with van der Waals surface area (Å²) in [5.74, 6) is 0.0613. The van der Waals surface area contributed by atoms with E-state index >= 15 is 0 Å². The first kappa shape index (κ1) is 13.0. The predicted octanol–water partition coefficient (Wildman–Crippen LogP) is -0.913. The molecule has 7 nitrogen and oxygen atoms in total. The average molecular weight is 273 g/mol. The highest BCUT2D eigenvalue weighted by molar-refractivity contribution is 7.99. The number of urea groups is 1. The first-order valence-corrected chi connectivity index (χ1v) is 6.88. The van der Waals surface area contributed by atoms with Crippen LogP contribution in [0.15, 0.2) is 0 Å². The fourth-order valence-corrected chi connectivity index (χ4v) is 3.05. The number of nitrogens with one attached hydrogen (secondary N) is 2. The number of rotatable bonds is 2. The van der Waals surface area contributed by atoms with Crippen LogP contribution in [-0.4, -0.2) is 64.6 Å². The van der Waals surface area contributed by atoms with Crippen molar-refractivity contribution in [1.82, 2.24) is 15.5 Å². The summed E-state index contributed by atoms with van der Waals surface area (Å²) in [7, 11) is 0. The highest BCUT2D eigenvalue weighted by Crippen LogP contribution is 2.17. The molecule has 0 aromatic carbocycles. The van der Waals surface area contributed by atoms with Crippen molar-refractivity contribution in [2.75, 3.05) is 24.6 Å². The monoisotopic (exact) mass is 273 g/mol. The molecule has 0 radical (unpaired) electrons. The number of thioether (sulfide) groups is 1. The molecule has 2 atom stereocenters. The molecule has 2 unspecified atom stereocenters. The van der Waals surface area contributed by atoms with E-state index < -0.39 is 18.0 Å². The fourth-order valence-electron chi connectivity index (χ4n) is 2.02. The lowest BCUT2D eigenvalue weighted by Crippen LogP contribution is -2.55. The molecule has 0 aromatic heterocycles. The molecule has 2 heterocycles. The van der Waals surface area contributed by atoms with Crippen molar-refractivity contribution in [3.8, 4) is 0 Å². The van der Waals surface area contributed by atoms with Crippen molar-refractivity contribution in [1.29, 1.82) is 0 Å².